The van der Waals surface area contributed by atoms with Crippen LogP contribution >= 0.6 is 35.0 Å². The molecule has 5 nitrogen and oxygen atoms in total. The summed E-state index contributed by atoms with van der Waals surface area (Å²) in [6, 6.07) is 15.5. The van der Waals surface area contributed by atoms with Gasteiger partial charge in [-0.2, -0.15) is 4.99 Å². The molecule has 0 spiro atoms. The quantitative estimate of drug-likeness (QED) is 0.400. The molecule has 3 heterocycles. The van der Waals surface area contributed by atoms with Crippen molar-refractivity contribution >= 4 is 57.8 Å². The molecule has 1 fully saturated rings. The molecule has 0 aliphatic carbocycles. The number of thioether (sulfide) groups is 1. The topological polar surface area (TPSA) is 49.1 Å². The Hall–Kier alpha value is -2.74. The van der Waals surface area contributed by atoms with E-state index in [-0.39, 0.29) is 11.7 Å². The molecule has 0 radical (unpaired) electrons. The number of furan rings is 1. The van der Waals surface area contributed by atoms with Crippen LogP contribution in [0.1, 0.15) is 5.76 Å². The molecule has 5 rings (SSSR count). The monoisotopic (exact) mass is 501 g/mol. The van der Waals surface area contributed by atoms with E-state index in [0.717, 1.165) is 0 Å². The van der Waals surface area contributed by atoms with Gasteiger partial charge < -0.3 is 14.2 Å². The zero-order chi connectivity index (χ0) is 22.9. The van der Waals surface area contributed by atoms with Crippen molar-refractivity contribution in [3.05, 3.63) is 81.1 Å². The number of piperazine rings is 1. The van der Waals surface area contributed by atoms with Crippen LogP contribution < -0.4 is 4.90 Å². The average Bonchev–Trinajstić information content (AvgIpc) is 3.43. The van der Waals surface area contributed by atoms with Gasteiger partial charge in [0.1, 0.15) is 17.3 Å². The molecule has 0 saturated carbocycles. The summed E-state index contributed by atoms with van der Waals surface area (Å²) in [5.41, 5.74) is 1.28. The van der Waals surface area contributed by atoms with Crippen LogP contribution in [0.2, 0.25) is 10.0 Å². The fourth-order valence-corrected chi connectivity index (χ4v) is 5.10. The number of benzene rings is 2. The number of nitrogens with zero attached hydrogens (tertiary/aromatic N) is 3. The van der Waals surface area contributed by atoms with Gasteiger partial charge in [0.05, 0.1) is 15.6 Å². The Labute approximate surface area is 204 Å². The van der Waals surface area contributed by atoms with Crippen LogP contribution in [0.4, 0.5) is 10.1 Å². The summed E-state index contributed by atoms with van der Waals surface area (Å²) >= 11 is 13.6. The standard InChI is InChI=1S/C24H18Cl2FN3O2S/c25-15-5-7-18(26)17(13-15)21-8-6-16(32-21)14-22-23(31)28-24(33-22)30-11-9-29(10-12-30)20-4-2-1-3-19(20)27/h1-8,13-14H,9-12H2/b22-14+. The average molecular weight is 502 g/mol. The summed E-state index contributed by atoms with van der Waals surface area (Å²) in [6.45, 7) is 2.60. The van der Waals surface area contributed by atoms with Crippen molar-refractivity contribution in [1.29, 1.82) is 0 Å². The highest BCUT2D eigenvalue weighted by atomic mass is 35.5. The number of halogens is 3. The SMILES string of the molecule is O=C1N=C(N2CCN(c3ccccc3F)CC2)S/C1=C/c1ccc(-c2cc(Cl)ccc2Cl)o1. The molecular formula is C24H18Cl2FN3O2S. The first-order chi connectivity index (χ1) is 16.0. The summed E-state index contributed by atoms with van der Waals surface area (Å²) in [6.07, 6.45) is 1.68. The number of carbonyl (C=O) groups is 1. The summed E-state index contributed by atoms with van der Waals surface area (Å²) in [4.78, 5) is 21.3. The van der Waals surface area contributed by atoms with Crippen LogP contribution in [0, 0.1) is 5.82 Å². The Kier molecular flexibility index (Phi) is 6.19. The number of para-hydroxylation sites is 1. The maximum absolute atomic E-state index is 14.1. The molecule has 2 aliphatic rings. The molecular weight excluding hydrogens is 484 g/mol. The minimum atomic E-state index is -0.301. The highest BCUT2D eigenvalue weighted by molar-refractivity contribution is 8.18. The first-order valence-electron chi connectivity index (χ1n) is 10.3. The molecule has 0 atom stereocenters. The van der Waals surface area contributed by atoms with Gasteiger partial charge in [0.25, 0.3) is 5.91 Å². The van der Waals surface area contributed by atoms with Crippen LogP contribution in [-0.2, 0) is 4.79 Å². The van der Waals surface area contributed by atoms with Crippen LogP contribution in [0.5, 0.6) is 0 Å². The van der Waals surface area contributed by atoms with Gasteiger partial charge in [-0.05, 0) is 54.2 Å². The molecule has 1 saturated heterocycles. The predicted octanol–water partition coefficient (Wildman–Crippen LogP) is 6.19. The summed E-state index contributed by atoms with van der Waals surface area (Å²) < 4.78 is 20.0. The molecule has 2 aromatic carbocycles. The summed E-state index contributed by atoms with van der Waals surface area (Å²) in [5, 5.41) is 1.74. The van der Waals surface area contributed by atoms with E-state index in [2.05, 4.69) is 9.89 Å². The number of carbonyl (C=O) groups excluding carboxylic acids is 1. The van der Waals surface area contributed by atoms with E-state index < -0.39 is 0 Å². The molecule has 33 heavy (non-hydrogen) atoms. The second-order valence-corrected chi connectivity index (χ2v) is 9.41. The highest BCUT2D eigenvalue weighted by Gasteiger charge is 2.29. The summed E-state index contributed by atoms with van der Waals surface area (Å²) in [5.74, 6) is 0.564. The second-order valence-electron chi connectivity index (χ2n) is 7.56. The number of hydrogen-bond acceptors (Lipinski definition) is 5. The van der Waals surface area contributed by atoms with Crippen molar-refractivity contribution in [1.82, 2.24) is 4.90 Å². The number of hydrogen-bond donors (Lipinski definition) is 0. The largest absolute Gasteiger partial charge is 0.457 e. The number of aliphatic imine (C=N–C) groups is 1. The van der Waals surface area contributed by atoms with Gasteiger partial charge in [-0.1, -0.05) is 35.3 Å². The Morgan fingerprint density at radius 1 is 1.00 bits per heavy atom. The van der Waals surface area contributed by atoms with Crippen molar-refractivity contribution in [3.63, 3.8) is 0 Å². The van der Waals surface area contributed by atoms with Crippen molar-refractivity contribution in [2.24, 2.45) is 4.99 Å². The fourth-order valence-electron chi connectivity index (χ4n) is 3.77. The lowest BCUT2D eigenvalue weighted by Crippen LogP contribution is -2.48. The fraction of sp³-hybridized carbons (Fsp3) is 0.167. The van der Waals surface area contributed by atoms with Crippen molar-refractivity contribution in [3.8, 4) is 11.3 Å². The lowest BCUT2D eigenvalue weighted by atomic mass is 10.2. The predicted molar refractivity (Wildman–Crippen MR) is 132 cm³/mol. The van der Waals surface area contributed by atoms with Gasteiger partial charge in [-0.15, -0.1) is 0 Å². The Morgan fingerprint density at radius 2 is 1.76 bits per heavy atom. The Bertz CT molecular complexity index is 1280. The minimum Gasteiger partial charge on any atom is -0.457 e. The van der Waals surface area contributed by atoms with E-state index in [9.17, 15) is 9.18 Å². The van der Waals surface area contributed by atoms with E-state index >= 15 is 0 Å². The van der Waals surface area contributed by atoms with Gasteiger partial charge in [0.15, 0.2) is 5.17 Å². The van der Waals surface area contributed by atoms with Crippen molar-refractivity contribution < 1.29 is 13.6 Å². The zero-order valence-electron chi connectivity index (χ0n) is 17.3. The molecule has 1 aromatic heterocycles. The third-order valence-corrected chi connectivity index (χ3v) is 7.06. The number of rotatable bonds is 3. The number of anilines is 1. The molecule has 168 valence electrons. The van der Waals surface area contributed by atoms with Gasteiger partial charge >= 0.3 is 0 Å². The molecule has 0 N–H and O–H groups in total. The smallest absolute Gasteiger partial charge is 0.286 e. The zero-order valence-corrected chi connectivity index (χ0v) is 19.6. The molecule has 0 unspecified atom stereocenters. The van der Waals surface area contributed by atoms with E-state index in [0.29, 0.717) is 69.1 Å². The van der Waals surface area contributed by atoms with Crippen molar-refractivity contribution in [2.45, 2.75) is 0 Å². The molecule has 0 bridgehead atoms. The van der Waals surface area contributed by atoms with Crippen LogP contribution in [0.3, 0.4) is 0 Å². The maximum Gasteiger partial charge on any atom is 0.286 e. The van der Waals surface area contributed by atoms with Crippen LogP contribution in [0.15, 0.2) is 68.9 Å². The van der Waals surface area contributed by atoms with E-state index in [4.69, 9.17) is 27.6 Å². The van der Waals surface area contributed by atoms with E-state index in [1.807, 2.05) is 11.0 Å². The highest BCUT2D eigenvalue weighted by Crippen LogP contribution is 2.35. The molecule has 9 heteroatoms. The third-order valence-electron chi connectivity index (χ3n) is 5.45. The minimum absolute atomic E-state index is 0.226. The first kappa shape index (κ1) is 22.1. The van der Waals surface area contributed by atoms with Gasteiger partial charge in [-0.3, -0.25) is 4.79 Å². The van der Waals surface area contributed by atoms with Gasteiger partial charge in [-0.25, -0.2) is 4.39 Å². The van der Waals surface area contributed by atoms with Gasteiger partial charge in [0.2, 0.25) is 0 Å². The number of amides is 1. The van der Waals surface area contributed by atoms with Crippen LogP contribution in [0.25, 0.3) is 17.4 Å². The molecule has 1 amide bonds. The molecule has 3 aromatic rings. The first-order valence-corrected chi connectivity index (χ1v) is 11.9. The second kappa shape index (κ2) is 9.25. The van der Waals surface area contributed by atoms with Crippen LogP contribution in [-0.4, -0.2) is 42.2 Å². The van der Waals surface area contributed by atoms with E-state index in [1.165, 1.54) is 17.8 Å². The Morgan fingerprint density at radius 3 is 2.55 bits per heavy atom. The normalized spacial score (nSPS) is 17.7. The number of amidine groups is 1. The lowest BCUT2D eigenvalue weighted by Gasteiger charge is -2.36. The third kappa shape index (κ3) is 4.67. The maximum atomic E-state index is 14.1. The summed E-state index contributed by atoms with van der Waals surface area (Å²) in [7, 11) is 0. The van der Waals surface area contributed by atoms with E-state index in [1.54, 1.807) is 48.5 Å². The van der Waals surface area contributed by atoms with Crippen molar-refractivity contribution in [2.75, 3.05) is 31.1 Å². The lowest BCUT2D eigenvalue weighted by molar-refractivity contribution is -0.113. The Balaban J connectivity index is 1.26. The van der Waals surface area contributed by atoms with Gasteiger partial charge in [0, 0.05) is 42.8 Å². The molecule has 2 aliphatic heterocycles.